The summed E-state index contributed by atoms with van der Waals surface area (Å²) >= 11 is 0. The number of methoxy groups -OCH3 is 1. The van der Waals surface area contributed by atoms with Crippen molar-refractivity contribution in [3.8, 4) is 0 Å². The zero-order chi connectivity index (χ0) is 11.5. The second-order valence-corrected chi connectivity index (χ2v) is 5.61. The van der Waals surface area contributed by atoms with Gasteiger partial charge in [-0.15, -0.1) is 0 Å². The van der Waals surface area contributed by atoms with Gasteiger partial charge >= 0.3 is 0 Å². The van der Waals surface area contributed by atoms with Crippen molar-refractivity contribution in [1.29, 1.82) is 0 Å². The summed E-state index contributed by atoms with van der Waals surface area (Å²) in [6.45, 7) is 8.03. The molecule has 94 valence electrons. The molecule has 1 N–H and O–H groups in total. The van der Waals surface area contributed by atoms with E-state index < -0.39 is 0 Å². The molecule has 1 saturated heterocycles. The van der Waals surface area contributed by atoms with Gasteiger partial charge in [0.15, 0.2) is 0 Å². The van der Waals surface area contributed by atoms with Crippen molar-refractivity contribution >= 4 is 0 Å². The fourth-order valence-electron chi connectivity index (χ4n) is 2.90. The van der Waals surface area contributed by atoms with Crippen molar-refractivity contribution in [3.05, 3.63) is 0 Å². The molecule has 2 rings (SSSR count). The molecule has 0 aromatic rings. The highest BCUT2D eigenvalue weighted by atomic mass is 16.5. The largest absolute Gasteiger partial charge is 0.380 e. The van der Waals surface area contributed by atoms with Crippen LogP contribution in [0.3, 0.4) is 0 Å². The van der Waals surface area contributed by atoms with Crippen molar-refractivity contribution in [1.82, 2.24) is 10.2 Å². The maximum absolute atomic E-state index is 5.44. The average molecular weight is 226 g/mol. The predicted molar refractivity (Wildman–Crippen MR) is 66.6 cm³/mol. The molecule has 1 aliphatic carbocycles. The molecule has 0 radical (unpaired) electrons. The Kier molecular flexibility index (Phi) is 4.22. The SMILES string of the molecule is COC1CCN(C2CCC2CNC(C)C)C1. The second kappa shape index (κ2) is 5.48. The Hall–Kier alpha value is -0.120. The third-order valence-electron chi connectivity index (χ3n) is 4.14. The lowest BCUT2D eigenvalue weighted by Crippen LogP contribution is -2.50. The highest BCUT2D eigenvalue weighted by Gasteiger charge is 2.38. The van der Waals surface area contributed by atoms with Crippen LogP contribution in [0.5, 0.6) is 0 Å². The zero-order valence-electron chi connectivity index (χ0n) is 10.9. The first kappa shape index (κ1) is 12.3. The van der Waals surface area contributed by atoms with E-state index in [-0.39, 0.29) is 0 Å². The van der Waals surface area contributed by atoms with Gasteiger partial charge in [-0.25, -0.2) is 0 Å². The lowest BCUT2D eigenvalue weighted by Gasteiger charge is -2.43. The van der Waals surface area contributed by atoms with Crippen LogP contribution >= 0.6 is 0 Å². The Morgan fingerprint density at radius 1 is 1.31 bits per heavy atom. The van der Waals surface area contributed by atoms with Gasteiger partial charge in [0.25, 0.3) is 0 Å². The first-order chi connectivity index (χ1) is 7.70. The zero-order valence-corrected chi connectivity index (χ0v) is 10.9. The van der Waals surface area contributed by atoms with Gasteiger partial charge in [-0.1, -0.05) is 13.8 Å². The Balaban J connectivity index is 1.74. The summed E-state index contributed by atoms with van der Waals surface area (Å²) in [5, 5.41) is 3.57. The first-order valence-corrected chi connectivity index (χ1v) is 6.71. The Bertz CT molecular complexity index is 220. The Labute approximate surface area is 99.5 Å². The van der Waals surface area contributed by atoms with Crippen LogP contribution < -0.4 is 5.32 Å². The normalized spacial score (nSPS) is 35.6. The monoisotopic (exact) mass is 226 g/mol. The number of nitrogens with zero attached hydrogens (tertiary/aromatic N) is 1. The number of nitrogens with one attached hydrogen (secondary N) is 1. The predicted octanol–water partition coefficient (Wildman–Crippen LogP) is 1.48. The molecule has 3 heteroatoms. The summed E-state index contributed by atoms with van der Waals surface area (Å²) in [6.07, 6.45) is 4.50. The Morgan fingerprint density at radius 3 is 2.62 bits per heavy atom. The maximum Gasteiger partial charge on any atom is 0.0710 e. The highest BCUT2D eigenvalue weighted by Crippen LogP contribution is 2.34. The fraction of sp³-hybridized carbons (Fsp3) is 1.00. The molecule has 1 aliphatic heterocycles. The van der Waals surface area contributed by atoms with E-state index in [0.29, 0.717) is 12.1 Å². The molecule has 16 heavy (non-hydrogen) atoms. The van der Waals surface area contributed by atoms with Crippen molar-refractivity contribution < 1.29 is 4.74 Å². The van der Waals surface area contributed by atoms with Crippen molar-refractivity contribution in [2.24, 2.45) is 5.92 Å². The molecule has 0 amide bonds. The molecule has 0 spiro atoms. The topological polar surface area (TPSA) is 24.5 Å². The van der Waals surface area contributed by atoms with Crippen LogP contribution in [0.4, 0.5) is 0 Å². The average Bonchev–Trinajstić information content (AvgIpc) is 2.64. The smallest absolute Gasteiger partial charge is 0.0710 e. The van der Waals surface area contributed by atoms with Crippen LogP contribution in [-0.2, 0) is 4.74 Å². The van der Waals surface area contributed by atoms with Gasteiger partial charge in [0.05, 0.1) is 6.10 Å². The maximum atomic E-state index is 5.44. The van der Waals surface area contributed by atoms with E-state index in [0.717, 1.165) is 18.5 Å². The molecule has 2 fully saturated rings. The summed E-state index contributed by atoms with van der Waals surface area (Å²) in [4.78, 5) is 2.64. The summed E-state index contributed by atoms with van der Waals surface area (Å²) in [7, 11) is 1.84. The Morgan fingerprint density at radius 2 is 2.12 bits per heavy atom. The third kappa shape index (κ3) is 2.76. The van der Waals surface area contributed by atoms with Crippen LogP contribution in [0.25, 0.3) is 0 Å². The molecule has 0 bridgehead atoms. The van der Waals surface area contributed by atoms with Gasteiger partial charge in [-0.05, 0) is 31.7 Å². The first-order valence-electron chi connectivity index (χ1n) is 6.71. The standard InChI is InChI=1S/C13H26N2O/c1-10(2)14-8-11-4-5-13(11)15-7-6-12(9-15)16-3/h10-14H,4-9H2,1-3H3. The van der Waals surface area contributed by atoms with Gasteiger partial charge in [-0.3, -0.25) is 4.90 Å². The number of rotatable bonds is 5. The van der Waals surface area contributed by atoms with Crippen LogP contribution in [-0.4, -0.2) is 49.8 Å². The summed E-state index contributed by atoms with van der Waals surface area (Å²) < 4.78 is 5.44. The van der Waals surface area contributed by atoms with Gasteiger partial charge in [0.2, 0.25) is 0 Å². The summed E-state index contributed by atoms with van der Waals surface area (Å²) in [5.74, 6) is 0.873. The lowest BCUT2D eigenvalue weighted by molar-refractivity contribution is 0.0549. The molecule has 1 heterocycles. The van der Waals surface area contributed by atoms with E-state index in [1.807, 2.05) is 7.11 Å². The minimum absolute atomic E-state index is 0.485. The molecule has 2 aliphatic rings. The second-order valence-electron chi connectivity index (χ2n) is 5.61. The van der Waals surface area contributed by atoms with E-state index in [1.54, 1.807) is 0 Å². The van der Waals surface area contributed by atoms with E-state index in [4.69, 9.17) is 4.74 Å². The minimum atomic E-state index is 0.485. The third-order valence-corrected chi connectivity index (χ3v) is 4.14. The molecule has 0 aromatic carbocycles. The van der Waals surface area contributed by atoms with Crippen LogP contribution in [0, 0.1) is 5.92 Å². The van der Waals surface area contributed by atoms with Crippen LogP contribution in [0.2, 0.25) is 0 Å². The van der Waals surface area contributed by atoms with Gasteiger partial charge in [0, 0.05) is 32.3 Å². The van der Waals surface area contributed by atoms with E-state index >= 15 is 0 Å². The number of ether oxygens (including phenoxy) is 1. The van der Waals surface area contributed by atoms with E-state index in [9.17, 15) is 0 Å². The summed E-state index contributed by atoms with van der Waals surface area (Å²) in [6, 6.07) is 1.44. The van der Waals surface area contributed by atoms with Crippen molar-refractivity contribution in [2.45, 2.75) is 51.3 Å². The number of hydrogen-bond acceptors (Lipinski definition) is 3. The van der Waals surface area contributed by atoms with Crippen molar-refractivity contribution in [3.63, 3.8) is 0 Å². The van der Waals surface area contributed by atoms with Gasteiger partial charge in [-0.2, -0.15) is 0 Å². The minimum Gasteiger partial charge on any atom is -0.380 e. The van der Waals surface area contributed by atoms with Crippen LogP contribution in [0.15, 0.2) is 0 Å². The highest BCUT2D eigenvalue weighted by molar-refractivity contribution is 4.93. The fourth-order valence-corrected chi connectivity index (χ4v) is 2.90. The summed E-state index contributed by atoms with van der Waals surface area (Å²) in [5.41, 5.74) is 0. The van der Waals surface area contributed by atoms with Gasteiger partial charge in [0.1, 0.15) is 0 Å². The van der Waals surface area contributed by atoms with Gasteiger partial charge < -0.3 is 10.1 Å². The molecule has 1 saturated carbocycles. The number of likely N-dealkylation sites (tertiary alicyclic amines) is 1. The number of hydrogen-bond donors (Lipinski definition) is 1. The molecule has 3 unspecified atom stereocenters. The lowest BCUT2D eigenvalue weighted by atomic mass is 9.78. The van der Waals surface area contributed by atoms with E-state index in [2.05, 4.69) is 24.1 Å². The molecular formula is C13H26N2O. The van der Waals surface area contributed by atoms with Crippen molar-refractivity contribution in [2.75, 3.05) is 26.7 Å². The molecule has 3 nitrogen and oxygen atoms in total. The van der Waals surface area contributed by atoms with Crippen LogP contribution in [0.1, 0.15) is 33.1 Å². The molecular weight excluding hydrogens is 200 g/mol. The molecule has 0 aromatic heterocycles. The van der Waals surface area contributed by atoms with E-state index in [1.165, 1.54) is 32.4 Å². The quantitative estimate of drug-likeness (QED) is 0.768. The molecule has 3 atom stereocenters.